The first-order chi connectivity index (χ1) is 14.4. The van der Waals surface area contributed by atoms with Gasteiger partial charge in [-0.25, -0.2) is 0 Å². The number of hydrogen-bond donors (Lipinski definition) is 0. The van der Waals surface area contributed by atoms with Gasteiger partial charge < -0.3 is 0 Å². The summed E-state index contributed by atoms with van der Waals surface area (Å²) >= 11 is 0. The third kappa shape index (κ3) is 2.95. The van der Waals surface area contributed by atoms with Gasteiger partial charge in [-0.1, -0.05) is 53.2 Å². The standard InChI is InChI=1S/C29H44O2/c1-26(2)21-13-15-28(5)17-18-7-11-23-27(3,4)25(31)14-16-29(23,6)20(18)9-10-22(28)19(21)8-12-24(26)30/h7,19-23H,8-17H2,1-6H3. The van der Waals surface area contributed by atoms with E-state index in [0.717, 1.165) is 43.9 Å². The lowest BCUT2D eigenvalue weighted by Crippen LogP contribution is -2.52. The van der Waals surface area contributed by atoms with E-state index in [-0.39, 0.29) is 16.2 Å². The summed E-state index contributed by atoms with van der Waals surface area (Å²) in [5, 5.41) is 0. The largest absolute Gasteiger partial charge is 0.299 e. The molecular weight excluding hydrogens is 380 g/mol. The maximum atomic E-state index is 12.8. The van der Waals surface area contributed by atoms with E-state index in [0.29, 0.717) is 34.7 Å². The highest BCUT2D eigenvalue weighted by molar-refractivity contribution is 5.86. The van der Waals surface area contributed by atoms with E-state index in [1.165, 1.54) is 32.1 Å². The fourth-order valence-electron chi connectivity index (χ4n) is 9.83. The zero-order valence-electron chi connectivity index (χ0n) is 20.9. The van der Waals surface area contributed by atoms with Gasteiger partial charge in [0.15, 0.2) is 0 Å². The van der Waals surface area contributed by atoms with Crippen molar-refractivity contribution in [3.8, 4) is 0 Å². The van der Waals surface area contributed by atoms with E-state index in [4.69, 9.17) is 0 Å². The summed E-state index contributed by atoms with van der Waals surface area (Å²) in [6.45, 7) is 14.0. The number of fused-ring (bicyclic) bond motifs is 6. The van der Waals surface area contributed by atoms with Crippen LogP contribution < -0.4 is 0 Å². The van der Waals surface area contributed by atoms with Crippen molar-refractivity contribution < 1.29 is 9.59 Å². The van der Waals surface area contributed by atoms with Crippen molar-refractivity contribution in [3.63, 3.8) is 0 Å². The van der Waals surface area contributed by atoms with Crippen LogP contribution in [0.5, 0.6) is 0 Å². The highest BCUT2D eigenvalue weighted by Gasteiger charge is 2.59. The van der Waals surface area contributed by atoms with E-state index < -0.39 is 0 Å². The Hall–Kier alpha value is -0.920. The summed E-state index contributed by atoms with van der Waals surface area (Å²) in [4.78, 5) is 25.5. The Balaban J connectivity index is 1.48. The Morgan fingerprint density at radius 3 is 2.23 bits per heavy atom. The van der Waals surface area contributed by atoms with E-state index in [9.17, 15) is 9.59 Å². The van der Waals surface area contributed by atoms with Crippen LogP contribution in [0.2, 0.25) is 0 Å². The maximum absolute atomic E-state index is 12.8. The van der Waals surface area contributed by atoms with E-state index in [1.807, 2.05) is 0 Å². The van der Waals surface area contributed by atoms with E-state index in [1.54, 1.807) is 5.57 Å². The molecule has 5 rings (SSSR count). The molecule has 0 heterocycles. The fraction of sp³-hybridized carbons (Fsp3) is 0.862. The number of Topliss-reactive ketones (excluding diaryl/α,β-unsaturated/α-hetero) is 2. The van der Waals surface area contributed by atoms with Crippen molar-refractivity contribution in [1.82, 2.24) is 0 Å². The first kappa shape index (κ1) is 21.9. The topological polar surface area (TPSA) is 34.1 Å². The first-order valence-electron chi connectivity index (χ1n) is 13.2. The molecule has 5 aliphatic rings. The smallest absolute Gasteiger partial charge is 0.138 e. The molecule has 31 heavy (non-hydrogen) atoms. The second kappa shape index (κ2) is 6.80. The molecule has 2 nitrogen and oxygen atoms in total. The minimum absolute atomic E-state index is 0.132. The average molecular weight is 425 g/mol. The van der Waals surface area contributed by atoms with Gasteiger partial charge in [0.05, 0.1) is 0 Å². The Kier molecular flexibility index (Phi) is 4.80. The number of rotatable bonds is 0. The minimum Gasteiger partial charge on any atom is -0.299 e. The number of allylic oxidation sites excluding steroid dienone is 2. The third-order valence-electron chi connectivity index (χ3n) is 11.8. The lowest BCUT2D eigenvalue weighted by molar-refractivity contribution is -0.144. The fourth-order valence-corrected chi connectivity index (χ4v) is 9.83. The molecule has 172 valence electrons. The molecule has 0 aromatic rings. The Morgan fingerprint density at radius 2 is 1.48 bits per heavy atom. The highest BCUT2D eigenvalue weighted by Crippen LogP contribution is 2.66. The molecule has 0 bridgehead atoms. The Bertz CT molecular complexity index is 832. The molecule has 4 fully saturated rings. The van der Waals surface area contributed by atoms with Gasteiger partial charge in [-0.05, 0) is 91.8 Å². The zero-order valence-corrected chi connectivity index (χ0v) is 20.9. The molecule has 0 aliphatic heterocycles. The second-order valence-electron chi connectivity index (χ2n) is 13.8. The molecule has 5 aliphatic carbocycles. The van der Waals surface area contributed by atoms with Crippen LogP contribution in [0.1, 0.15) is 106 Å². The van der Waals surface area contributed by atoms with Gasteiger partial charge in [-0.15, -0.1) is 0 Å². The number of carbonyl (C=O) groups excluding carboxylic acids is 2. The molecule has 7 atom stereocenters. The summed E-state index contributed by atoms with van der Waals surface area (Å²) in [5.41, 5.74) is 2.08. The van der Waals surface area contributed by atoms with Crippen LogP contribution in [-0.2, 0) is 9.59 Å². The molecule has 0 aromatic carbocycles. The van der Waals surface area contributed by atoms with Crippen molar-refractivity contribution in [2.24, 2.45) is 51.2 Å². The van der Waals surface area contributed by atoms with Crippen molar-refractivity contribution in [2.45, 2.75) is 106 Å². The molecule has 4 saturated carbocycles. The molecule has 2 heteroatoms. The number of ketones is 2. The van der Waals surface area contributed by atoms with Crippen molar-refractivity contribution in [3.05, 3.63) is 11.6 Å². The lowest BCUT2D eigenvalue weighted by atomic mass is 9.47. The van der Waals surface area contributed by atoms with Gasteiger partial charge in [-0.2, -0.15) is 0 Å². The van der Waals surface area contributed by atoms with Gasteiger partial charge >= 0.3 is 0 Å². The number of hydrogen-bond acceptors (Lipinski definition) is 2. The zero-order chi connectivity index (χ0) is 22.4. The molecule has 0 spiro atoms. The van der Waals surface area contributed by atoms with Crippen molar-refractivity contribution >= 4 is 11.6 Å². The van der Waals surface area contributed by atoms with Crippen molar-refractivity contribution in [2.75, 3.05) is 0 Å². The van der Waals surface area contributed by atoms with Crippen LogP contribution >= 0.6 is 0 Å². The summed E-state index contributed by atoms with van der Waals surface area (Å²) < 4.78 is 0. The van der Waals surface area contributed by atoms with Crippen LogP contribution in [0, 0.1) is 51.2 Å². The molecule has 0 saturated heterocycles. The van der Waals surface area contributed by atoms with E-state index in [2.05, 4.69) is 47.6 Å². The van der Waals surface area contributed by atoms with Gasteiger partial charge in [0, 0.05) is 23.7 Å². The first-order valence-corrected chi connectivity index (χ1v) is 13.2. The van der Waals surface area contributed by atoms with Crippen LogP contribution in [0.25, 0.3) is 0 Å². The second-order valence-corrected chi connectivity index (χ2v) is 13.8. The summed E-state index contributed by atoms with van der Waals surface area (Å²) in [6, 6.07) is 0. The van der Waals surface area contributed by atoms with Gasteiger partial charge in [0.2, 0.25) is 0 Å². The SMILES string of the molecule is CC12CCC3C(CCC(=O)C3(C)C)C1CCC1C(=CCC3C(C)(C)C(=O)CCC13C)C2. The quantitative estimate of drug-likeness (QED) is 0.386. The summed E-state index contributed by atoms with van der Waals surface area (Å²) in [6.07, 6.45) is 13.8. The Morgan fingerprint density at radius 1 is 0.774 bits per heavy atom. The van der Waals surface area contributed by atoms with Gasteiger partial charge in [-0.3, -0.25) is 9.59 Å². The van der Waals surface area contributed by atoms with Crippen LogP contribution in [-0.4, -0.2) is 11.6 Å². The third-order valence-corrected chi connectivity index (χ3v) is 11.8. The molecule has 0 aromatic heterocycles. The normalized spacial score (nSPS) is 48.5. The average Bonchev–Trinajstić information content (AvgIpc) is 2.84. The predicted molar refractivity (Wildman–Crippen MR) is 125 cm³/mol. The monoisotopic (exact) mass is 424 g/mol. The summed E-state index contributed by atoms with van der Waals surface area (Å²) in [7, 11) is 0. The van der Waals surface area contributed by atoms with Crippen molar-refractivity contribution in [1.29, 1.82) is 0 Å². The molecule has 0 N–H and O–H groups in total. The Labute approximate surface area is 190 Å². The van der Waals surface area contributed by atoms with Gasteiger partial charge in [0.1, 0.15) is 11.6 Å². The molecule has 0 radical (unpaired) electrons. The lowest BCUT2D eigenvalue weighted by Gasteiger charge is -2.56. The molecular formula is C29H44O2. The molecule has 0 amide bonds. The van der Waals surface area contributed by atoms with E-state index >= 15 is 0 Å². The minimum atomic E-state index is -0.184. The maximum Gasteiger partial charge on any atom is 0.138 e. The predicted octanol–water partition coefficient (Wildman–Crippen LogP) is 7.17. The van der Waals surface area contributed by atoms with Crippen LogP contribution in [0.15, 0.2) is 11.6 Å². The number of carbonyl (C=O) groups is 2. The van der Waals surface area contributed by atoms with Crippen LogP contribution in [0.3, 0.4) is 0 Å². The van der Waals surface area contributed by atoms with Crippen LogP contribution in [0.4, 0.5) is 0 Å². The van der Waals surface area contributed by atoms with Gasteiger partial charge in [0.25, 0.3) is 0 Å². The molecule has 7 unspecified atom stereocenters. The summed E-state index contributed by atoms with van der Waals surface area (Å²) in [5.74, 6) is 4.19. The highest BCUT2D eigenvalue weighted by atomic mass is 16.1.